The van der Waals surface area contributed by atoms with E-state index in [-0.39, 0.29) is 10.6 Å². The predicted octanol–water partition coefficient (Wildman–Crippen LogP) is 6.39. The van der Waals surface area contributed by atoms with Crippen molar-refractivity contribution >= 4 is 55.1 Å². The van der Waals surface area contributed by atoms with Gasteiger partial charge in [0.25, 0.3) is 0 Å². The van der Waals surface area contributed by atoms with Crippen molar-refractivity contribution in [1.82, 2.24) is 0 Å². The van der Waals surface area contributed by atoms with Gasteiger partial charge in [-0.1, -0.05) is 45.2 Å². The summed E-state index contributed by atoms with van der Waals surface area (Å²) >= 11 is 19.1. The van der Waals surface area contributed by atoms with E-state index in [0.717, 1.165) is 15.6 Å². The molecule has 2 aromatic carbocycles. The molecule has 106 valence electrons. The average Bonchev–Trinajstić information content (AvgIpc) is 2.37. The Hall–Kier alpha value is -0.290. The summed E-state index contributed by atoms with van der Waals surface area (Å²) in [5, 5.41) is 0.903. The normalized spacial score (nSPS) is 12.3. The van der Waals surface area contributed by atoms with Gasteiger partial charge in [0.2, 0.25) is 0 Å². The highest BCUT2D eigenvalue weighted by molar-refractivity contribution is 9.10. The van der Waals surface area contributed by atoms with Gasteiger partial charge in [-0.05, 0) is 45.8 Å². The molecule has 1 nitrogen and oxygen atoms in total. The Morgan fingerprint density at radius 3 is 2.45 bits per heavy atom. The van der Waals surface area contributed by atoms with Gasteiger partial charge in [-0.2, -0.15) is 0 Å². The minimum atomic E-state index is -0.377. The SMILES string of the molecule is COc1c(Br)cc(Cl)cc1C(Br)c1ccc(F)cc1Cl. The molecule has 0 fully saturated rings. The molecule has 1 atom stereocenters. The Morgan fingerprint density at radius 1 is 1.15 bits per heavy atom. The second-order valence-electron chi connectivity index (χ2n) is 4.04. The zero-order valence-corrected chi connectivity index (χ0v) is 14.9. The minimum absolute atomic E-state index is 0.263. The first kappa shape index (κ1) is 16.1. The van der Waals surface area contributed by atoms with Crippen molar-refractivity contribution in [1.29, 1.82) is 0 Å². The molecule has 6 heteroatoms. The third-order valence-electron chi connectivity index (χ3n) is 2.75. The van der Waals surface area contributed by atoms with Crippen molar-refractivity contribution in [3.8, 4) is 5.75 Å². The number of rotatable bonds is 3. The molecule has 0 bridgehead atoms. The zero-order valence-electron chi connectivity index (χ0n) is 10.3. The molecular weight excluding hydrogens is 434 g/mol. The molecule has 0 N–H and O–H groups in total. The van der Waals surface area contributed by atoms with Gasteiger partial charge < -0.3 is 4.74 Å². The summed E-state index contributed by atoms with van der Waals surface area (Å²) in [6.07, 6.45) is 0. The van der Waals surface area contributed by atoms with E-state index in [1.165, 1.54) is 12.1 Å². The summed E-state index contributed by atoms with van der Waals surface area (Å²) in [5.74, 6) is 0.273. The van der Waals surface area contributed by atoms with Crippen LogP contribution in [0.25, 0.3) is 0 Å². The monoisotopic (exact) mass is 440 g/mol. The third-order valence-corrected chi connectivity index (χ3v) is 4.87. The van der Waals surface area contributed by atoms with Crippen molar-refractivity contribution in [2.45, 2.75) is 4.83 Å². The topological polar surface area (TPSA) is 9.23 Å². The lowest BCUT2D eigenvalue weighted by Crippen LogP contribution is -1.99. The summed E-state index contributed by atoms with van der Waals surface area (Å²) in [5.41, 5.74) is 1.54. The fraction of sp³-hybridized carbons (Fsp3) is 0.143. The van der Waals surface area contributed by atoms with E-state index < -0.39 is 0 Å². The van der Waals surface area contributed by atoms with Crippen LogP contribution in [0.15, 0.2) is 34.8 Å². The van der Waals surface area contributed by atoms with Gasteiger partial charge in [-0.3, -0.25) is 0 Å². The van der Waals surface area contributed by atoms with Crippen LogP contribution in [0.1, 0.15) is 16.0 Å². The van der Waals surface area contributed by atoms with Crippen molar-refractivity contribution in [3.05, 3.63) is 61.8 Å². The van der Waals surface area contributed by atoms with E-state index in [2.05, 4.69) is 31.9 Å². The van der Waals surface area contributed by atoms with Crippen LogP contribution in [0.2, 0.25) is 10.0 Å². The quantitative estimate of drug-likeness (QED) is 0.500. The van der Waals surface area contributed by atoms with Crippen LogP contribution < -0.4 is 4.74 Å². The Morgan fingerprint density at radius 2 is 1.85 bits per heavy atom. The molecule has 0 amide bonds. The van der Waals surface area contributed by atoms with Crippen LogP contribution >= 0.6 is 55.1 Å². The van der Waals surface area contributed by atoms with Crippen molar-refractivity contribution in [3.63, 3.8) is 0 Å². The average molecular weight is 443 g/mol. The van der Waals surface area contributed by atoms with Crippen LogP contribution in [0.4, 0.5) is 4.39 Å². The van der Waals surface area contributed by atoms with E-state index in [4.69, 9.17) is 27.9 Å². The van der Waals surface area contributed by atoms with E-state index >= 15 is 0 Å². The van der Waals surface area contributed by atoms with Crippen LogP contribution in [-0.2, 0) is 0 Å². The Bertz CT molecular complexity index is 649. The molecule has 20 heavy (non-hydrogen) atoms. The molecule has 0 aliphatic heterocycles. The van der Waals surface area contributed by atoms with Gasteiger partial charge in [-0.25, -0.2) is 4.39 Å². The van der Waals surface area contributed by atoms with Crippen LogP contribution in [0.3, 0.4) is 0 Å². The first-order valence-corrected chi connectivity index (χ1v) is 8.02. The molecule has 2 rings (SSSR count). The van der Waals surface area contributed by atoms with E-state index in [1.807, 2.05) is 0 Å². The van der Waals surface area contributed by atoms with Gasteiger partial charge in [0.15, 0.2) is 0 Å². The zero-order chi connectivity index (χ0) is 14.9. The van der Waals surface area contributed by atoms with Gasteiger partial charge in [0, 0.05) is 15.6 Å². The Balaban J connectivity index is 2.55. The maximum absolute atomic E-state index is 13.1. The standard InChI is InChI=1S/C14H9Br2Cl2FO/c1-20-14-10(4-7(17)5-11(14)15)13(16)9-3-2-8(19)6-12(9)18/h2-6,13H,1H3. The van der Waals surface area contributed by atoms with Gasteiger partial charge in [-0.15, -0.1) is 0 Å². The van der Waals surface area contributed by atoms with E-state index in [1.54, 1.807) is 25.3 Å². The number of hydrogen-bond donors (Lipinski definition) is 0. The molecule has 0 saturated carbocycles. The Labute approximate surface area is 143 Å². The van der Waals surface area contributed by atoms with Crippen molar-refractivity contribution in [2.24, 2.45) is 0 Å². The summed E-state index contributed by atoms with van der Waals surface area (Å²) in [6.45, 7) is 0. The first-order valence-electron chi connectivity index (χ1n) is 5.56. The summed E-state index contributed by atoms with van der Waals surface area (Å²) in [7, 11) is 1.57. The summed E-state index contributed by atoms with van der Waals surface area (Å²) in [6, 6.07) is 7.80. The lowest BCUT2D eigenvalue weighted by Gasteiger charge is -2.17. The fourth-order valence-electron chi connectivity index (χ4n) is 1.86. The number of alkyl halides is 1. The molecule has 2 aromatic rings. The number of hydrogen-bond acceptors (Lipinski definition) is 1. The van der Waals surface area contributed by atoms with Crippen molar-refractivity contribution < 1.29 is 9.13 Å². The second kappa shape index (κ2) is 6.65. The lowest BCUT2D eigenvalue weighted by molar-refractivity contribution is 0.408. The van der Waals surface area contributed by atoms with Gasteiger partial charge >= 0.3 is 0 Å². The molecule has 0 saturated heterocycles. The van der Waals surface area contributed by atoms with Gasteiger partial charge in [0.05, 0.1) is 16.4 Å². The van der Waals surface area contributed by atoms with E-state index in [0.29, 0.717) is 15.8 Å². The van der Waals surface area contributed by atoms with Crippen molar-refractivity contribution in [2.75, 3.05) is 7.11 Å². The number of halogens is 5. The molecular formula is C14H9Br2Cl2FO. The Kier molecular flexibility index (Phi) is 5.35. The lowest BCUT2D eigenvalue weighted by atomic mass is 10.0. The van der Waals surface area contributed by atoms with Crippen LogP contribution in [0, 0.1) is 5.82 Å². The molecule has 0 aliphatic carbocycles. The second-order valence-corrected chi connectivity index (χ2v) is 6.65. The highest BCUT2D eigenvalue weighted by Crippen LogP contribution is 2.43. The number of methoxy groups -OCH3 is 1. The number of ether oxygens (including phenoxy) is 1. The van der Waals surface area contributed by atoms with E-state index in [9.17, 15) is 4.39 Å². The number of benzene rings is 2. The fourth-order valence-corrected chi connectivity index (χ4v) is 4.00. The smallest absolute Gasteiger partial charge is 0.137 e. The molecule has 0 aliphatic rings. The maximum Gasteiger partial charge on any atom is 0.137 e. The van der Waals surface area contributed by atoms with Crippen LogP contribution in [0.5, 0.6) is 5.75 Å². The van der Waals surface area contributed by atoms with Crippen LogP contribution in [-0.4, -0.2) is 7.11 Å². The maximum atomic E-state index is 13.1. The molecule has 0 heterocycles. The largest absolute Gasteiger partial charge is 0.495 e. The minimum Gasteiger partial charge on any atom is -0.495 e. The van der Waals surface area contributed by atoms with Gasteiger partial charge in [0.1, 0.15) is 11.6 Å². The summed E-state index contributed by atoms with van der Waals surface area (Å²) < 4.78 is 19.3. The molecule has 1 unspecified atom stereocenters. The molecule has 0 aromatic heterocycles. The predicted molar refractivity (Wildman–Crippen MR) is 87.9 cm³/mol. The highest BCUT2D eigenvalue weighted by atomic mass is 79.9. The highest BCUT2D eigenvalue weighted by Gasteiger charge is 2.20. The molecule has 0 radical (unpaired) electrons. The summed E-state index contributed by atoms with van der Waals surface area (Å²) in [4.78, 5) is -0.263. The third kappa shape index (κ3) is 3.30. The first-order chi connectivity index (χ1) is 9.43. The molecule has 0 spiro atoms.